The lowest BCUT2D eigenvalue weighted by atomic mass is 10.1. The van der Waals surface area contributed by atoms with Crippen LogP contribution in [0.3, 0.4) is 0 Å². The molecule has 0 aromatic heterocycles. The fraction of sp³-hybridized carbons (Fsp3) is 0.250. The van der Waals surface area contributed by atoms with Gasteiger partial charge in [-0.2, -0.15) is 0 Å². The maximum absolute atomic E-state index is 12.3. The van der Waals surface area contributed by atoms with E-state index in [0.717, 1.165) is 37.4 Å². The zero-order valence-electron chi connectivity index (χ0n) is 14.2. The number of carbonyl (C=O) groups is 1. The highest BCUT2D eigenvalue weighted by atomic mass is 16.5. The smallest absolute Gasteiger partial charge is 0.185 e. The number of carbonyl (C=O) groups excluding carboxylic acids is 1. The number of methoxy groups -OCH3 is 1. The highest BCUT2D eigenvalue weighted by molar-refractivity contribution is 6.07. The van der Waals surface area contributed by atoms with Crippen LogP contribution >= 0.6 is 0 Å². The van der Waals surface area contributed by atoms with E-state index in [1.165, 1.54) is 13.2 Å². The van der Waals surface area contributed by atoms with Crippen LogP contribution < -0.4 is 15.0 Å². The van der Waals surface area contributed by atoms with Crippen molar-refractivity contribution in [2.24, 2.45) is 0 Å². The normalized spacial score (nSPS) is 14.7. The van der Waals surface area contributed by atoms with Crippen molar-refractivity contribution in [1.29, 1.82) is 0 Å². The molecule has 1 saturated heterocycles. The van der Waals surface area contributed by atoms with Gasteiger partial charge in [0.1, 0.15) is 0 Å². The predicted octanol–water partition coefficient (Wildman–Crippen LogP) is 2.71. The zero-order valence-corrected chi connectivity index (χ0v) is 14.2. The van der Waals surface area contributed by atoms with Crippen LogP contribution in [0.25, 0.3) is 6.08 Å². The molecule has 1 aliphatic heterocycles. The van der Waals surface area contributed by atoms with E-state index >= 15 is 0 Å². The van der Waals surface area contributed by atoms with E-state index in [1.807, 2.05) is 24.3 Å². The molecule has 0 spiro atoms. The van der Waals surface area contributed by atoms with Gasteiger partial charge in [-0.25, -0.2) is 0 Å². The molecule has 5 heteroatoms. The number of anilines is 1. The first-order valence-electron chi connectivity index (χ1n) is 8.32. The van der Waals surface area contributed by atoms with E-state index in [4.69, 9.17) is 4.74 Å². The molecule has 25 heavy (non-hydrogen) atoms. The summed E-state index contributed by atoms with van der Waals surface area (Å²) in [6.45, 7) is 3.94. The Balaban J connectivity index is 1.68. The molecule has 1 aliphatic rings. The second-order valence-electron chi connectivity index (χ2n) is 5.91. The molecule has 0 unspecified atom stereocenters. The van der Waals surface area contributed by atoms with Crippen LogP contribution in [0, 0.1) is 0 Å². The number of allylic oxidation sites excluding steroid dienone is 1. The molecule has 2 aromatic rings. The van der Waals surface area contributed by atoms with E-state index in [1.54, 1.807) is 24.3 Å². The highest BCUT2D eigenvalue weighted by Crippen LogP contribution is 2.26. The largest absolute Gasteiger partial charge is 0.504 e. The molecule has 0 radical (unpaired) electrons. The van der Waals surface area contributed by atoms with Gasteiger partial charge in [-0.05, 0) is 48.0 Å². The standard InChI is InChI=1S/C20H22N2O3/c1-25-20-14-15(3-9-19(20)24)2-8-18(23)16-4-6-17(7-5-16)22-12-10-21-11-13-22/h2-9,14,21,24H,10-13H2,1H3/b8-2+. The van der Waals surface area contributed by atoms with Gasteiger partial charge in [0.25, 0.3) is 0 Å². The van der Waals surface area contributed by atoms with Crippen molar-refractivity contribution in [3.05, 3.63) is 59.7 Å². The summed E-state index contributed by atoms with van der Waals surface area (Å²) < 4.78 is 5.07. The lowest BCUT2D eigenvalue weighted by molar-refractivity contribution is 0.104. The molecule has 0 atom stereocenters. The van der Waals surface area contributed by atoms with Crippen LogP contribution in [0.1, 0.15) is 15.9 Å². The number of phenols is 1. The second kappa shape index (κ2) is 7.85. The summed E-state index contributed by atoms with van der Waals surface area (Å²) in [5.41, 5.74) is 2.59. The van der Waals surface area contributed by atoms with Gasteiger partial charge in [0.05, 0.1) is 7.11 Å². The van der Waals surface area contributed by atoms with Crippen molar-refractivity contribution in [1.82, 2.24) is 5.32 Å². The summed E-state index contributed by atoms with van der Waals surface area (Å²) in [7, 11) is 1.49. The number of piperazine rings is 1. The average Bonchev–Trinajstić information content (AvgIpc) is 2.68. The summed E-state index contributed by atoms with van der Waals surface area (Å²) >= 11 is 0. The Morgan fingerprint density at radius 1 is 1.16 bits per heavy atom. The maximum Gasteiger partial charge on any atom is 0.185 e. The molecule has 2 N–H and O–H groups in total. The van der Waals surface area contributed by atoms with E-state index in [0.29, 0.717) is 11.3 Å². The average molecular weight is 338 g/mol. The molecule has 3 rings (SSSR count). The quantitative estimate of drug-likeness (QED) is 0.648. The summed E-state index contributed by atoms with van der Waals surface area (Å²) in [4.78, 5) is 14.6. The number of nitrogens with one attached hydrogen (secondary N) is 1. The van der Waals surface area contributed by atoms with Crippen molar-refractivity contribution < 1.29 is 14.6 Å². The number of nitrogens with zero attached hydrogens (tertiary/aromatic N) is 1. The van der Waals surface area contributed by atoms with Gasteiger partial charge in [-0.1, -0.05) is 12.1 Å². The van der Waals surface area contributed by atoms with Crippen molar-refractivity contribution in [3.63, 3.8) is 0 Å². The number of aromatic hydroxyl groups is 1. The Kier molecular flexibility index (Phi) is 5.36. The minimum Gasteiger partial charge on any atom is -0.504 e. The van der Waals surface area contributed by atoms with Gasteiger partial charge >= 0.3 is 0 Å². The third kappa shape index (κ3) is 4.19. The predicted molar refractivity (Wildman–Crippen MR) is 99.5 cm³/mol. The number of phenolic OH excluding ortho intramolecular Hbond substituents is 1. The summed E-state index contributed by atoms with van der Waals surface area (Å²) in [6.07, 6.45) is 3.25. The van der Waals surface area contributed by atoms with Crippen LogP contribution in [-0.2, 0) is 0 Å². The molecule has 2 aromatic carbocycles. The monoisotopic (exact) mass is 338 g/mol. The summed E-state index contributed by atoms with van der Waals surface area (Å²) in [5.74, 6) is 0.406. The molecule has 5 nitrogen and oxygen atoms in total. The molecule has 0 amide bonds. The first-order chi connectivity index (χ1) is 12.2. The number of rotatable bonds is 5. The molecule has 1 heterocycles. The molecule has 1 fully saturated rings. The Morgan fingerprint density at radius 3 is 2.56 bits per heavy atom. The van der Waals surface area contributed by atoms with Crippen molar-refractivity contribution in [2.45, 2.75) is 0 Å². The molecule has 0 bridgehead atoms. The Morgan fingerprint density at radius 2 is 1.88 bits per heavy atom. The number of hydrogen-bond donors (Lipinski definition) is 2. The fourth-order valence-electron chi connectivity index (χ4n) is 2.83. The highest BCUT2D eigenvalue weighted by Gasteiger charge is 2.11. The fourth-order valence-corrected chi connectivity index (χ4v) is 2.83. The van der Waals surface area contributed by atoms with E-state index in [9.17, 15) is 9.90 Å². The lowest BCUT2D eigenvalue weighted by Crippen LogP contribution is -2.43. The number of benzene rings is 2. The molecule has 130 valence electrons. The van der Waals surface area contributed by atoms with Gasteiger partial charge in [0, 0.05) is 37.4 Å². The third-order valence-corrected chi connectivity index (χ3v) is 4.26. The number of ether oxygens (including phenoxy) is 1. The Bertz CT molecular complexity index is 763. The number of ketones is 1. The van der Waals surface area contributed by atoms with Crippen LogP contribution in [0.4, 0.5) is 5.69 Å². The van der Waals surface area contributed by atoms with E-state index in [-0.39, 0.29) is 11.5 Å². The van der Waals surface area contributed by atoms with Crippen molar-refractivity contribution in [3.8, 4) is 11.5 Å². The van der Waals surface area contributed by atoms with Crippen molar-refractivity contribution >= 4 is 17.5 Å². The van der Waals surface area contributed by atoms with Gasteiger partial charge in [-0.3, -0.25) is 4.79 Å². The summed E-state index contributed by atoms with van der Waals surface area (Å²) in [5, 5.41) is 12.9. The van der Waals surface area contributed by atoms with Gasteiger partial charge in [0.2, 0.25) is 0 Å². The van der Waals surface area contributed by atoms with Crippen molar-refractivity contribution in [2.75, 3.05) is 38.2 Å². The zero-order chi connectivity index (χ0) is 17.6. The molecular weight excluding hydrogens is 316 g/mol. The minimum absolute atomic E-state index is 0.0566. The lowest BCUT2D eigenvalue weighted by Gasteiger charge is -2.29. The summed E-state index contributed by atoms with van der Waals surface area (Å²) in [6, 6.07) is 12.7. The first kappa shape index (κ1) is 17.0. The SMILES string of the molecule is COc1cc(/C=C/C(=O)c2ccc(N3CCNCC3)cc2)ccc1O. The van der Waals surface area contributed by atoms with Gasteiger partial charge < -0.3 is 20.1 Å². The minimum atomic E-state index is -0.0566. The molecule has 0 aliphatic carbocycles. The van der Waals surface area contributed by atoms with Crippen LogP contribution in [0.15, 0.2) is 48.5 Å². The van der Waals surface area contributed by atoms with Gasteiger partial charge in [0.15, 0.2) is 17.3 Å². The topological polar surface area (TPSA) is 61.8 Å². The number of hydrogen-bond acceptors (Lipinski definition) is 5. The molecule has 0 saturated carbocycles. The Hall–Kier alpha value is -2.79. The first-order valence-corrected chi connectivity index (χ1v) is 8.32. The van der Waals surface area contributed by atoms with E-state index in [2.05, 4.69) is 10.2 Å². The second-order valence-corrected chi connectivity index (χ2v) is 5.91. The Labute approximate surface area is 147 Å². The van der Waals surface area contributed by atoms with Crippen LogP contribution in [0.5, 0.6) is 11.5 Å². The van der Waals surface area contributed by atoms with E-state index < -0.39 is 0 Å². The third-order valence-electron chi connectivity index (χ3n) is 4.26. The maximum atomic E-state index is 12.3. The van der Waals surface area contributed by atoms with Gasteiger partial charge in [-0.15, -0.1) is 0 Å². The molecular formula is C20H22N2O3. The van der Waals surface area contributed by atoms with Crippen LogP contribution in [0.2, 0.25) is 0 Å². The van der Waals surface area contributed by atoms with Crippen LogP contribution in [-0.4, -0.2) is 44.2 Å².